The minimum atomic E-state index is 0.121. The lowest BCUT2D eigenvalue weighted by atomic mass is 10.0. The molecule has 0 saturated carbocycles. The molecule has 2 aromatic rings. The smallest absolute Gasteiger partial charge is 0.122 e. The molecule has 0 fully saturated rings. The molecule has 0 radical (unpaired) electrons. The Morgan fingerprint density at radius 2 is 2.14 bits per heavy atom. The van der Waals surface area contributed by atoms with Crippen LogP contribution >= 0.6 is 27.5 Å². The Bertz CT molecular complexity index is 589. The first kappa shape index (κ1) is 16.3. The quantitative estimate of drug-likeness (QED) is 0.819. The summed E-state index contributed by atoms with van der Waals surface area (Å²) in [6.45, 7) is 2.95. The van der Waals surface area contributed by atoms with Crippen LogP contribution < -0.4 is 10.1 Å². The summed E-state index contributed by atoms with van der Waals surface area (Å²) in [6, 6.07) is 9.83. The van der Waals surface area contributed by atoms with Crippen molar-refractivity contribution in [2.24, 2.45) is 0 Å². The number of hydrogen-bond donors (Lipinski definition) is 1. The molecule has 0 aliphatic heterocycles. The maximum Gasteiger partial charge on any atom is 0.122 e. The summed E-state index contributed by atoms with van der Waals surface area (Å²) in [4.78, 5) is 4.49. The number of aromatic nitrogens is 1. The van der Waals surface area contributed by atoms with E-state index in [0.717, 1.165) is 34.4 Å². The van der Waals surface area contributed by atoms with Crippen LogP contribution in [-0.4, -0.2) is 18.6 Å². The molecular weight excluding hydrogens is 352 g/mol. The summed E-state index contributed by atoms with van der Waals surface area (Å²) in [7, 11) is 1.67. The molecule has 21 heavy (non-hydrogen) atoms. The summed E-state index contributed by atoms with van der Waals surface area (Å²) in [5.74, 6) is 0.847. The van der Waals surface area contributed by atoms with Crippen LogP contribution in [0.4, 0.5) is 0 Å². The molecule has 1 unspecified atom stereocenters. The molecule has 1 N–H and O–H groups in total. The topological polar surface area (TPSA) is 34.1 Å². The highest BCUT2D eigenvalue weighted by molar-refractivity contribution is 9.10. The number of benzene rings is 1. The Morgan fingerprint density at radius 3 is 2.76 bits per heavy atom. The molecule has 5 heteroatoms. The largest absolute Gasteiger partial charge is 0.496 e. The van der Waals surface area contributed by atoms with E-state index in [9.17, 15) is 0 Å². The zero-order valence-corrected chi connectivity index (χ0v) is 14.4. The Balaban J connectivity index is 2.27. The van der Waals surface area contributed by atoms with E-state index < -0.39 is 0 Å². The van der Waals surface area contributed by atoms with Crippen molar-refractivity contribution in [1.29, 1.82) is 0 Å². The van der Waals surface area contributed by atoms with Crippen molar-refractivity contribution in [1.82, 2.24) is 10.3 Å². The van der Waals surface area contributed by atoms with Gasteiger partial charge in [-0.2, -0.15) is 0 Å². The molecule has 0 saturated heterocycles. The Labute approximate surface area is 138 Å². The molecule has 1 atom stereocenters. The van der Waals surface area contributed by atoms with Gasteiger partial charge in [-0.05, 0) is 64.8 Å². The molecule has 112 valence electrons. The molecule has 0 amide bonds. The van der Waals surface area contributed by atoms with E-state index in [0.29, 0.717) is 5.02 Å². The second kappa shape index (κ2) is 7.78. The van der Waals surface area contributed by atoms with E-state index >= 15 is 0 Å². The van der Waals surface area contributed by atoms with Crippen molar-refractivity contribution in [3.8, 4) is 5.75 Å². The van der Waals surface area contributed by atoms with Crippen molar-refractivity contribution in [3.05, 3.63) is 57.3 Å². The van der Waals surface area contributed by atoms with Gasteiger partial charge in [0.05, 0.1) is 18.8 Å². The normalized spacial score (nSPS) is 12.2. The molecule has 0 aliphatic rings. The van der Waals surface area contributed by atoms with E-state index in [1.54, 1.807) is 7.11 Å². The second-order valence-electron chi connectivity index (χ2n) is 4.67. The van der Waals surface area contributed by atoms with E-state index in [1.807, 2.05) is 36.5 Å². The fraction of sp³-hybridized carbons (Fsp3) is 0.312. The van der Waals surface area contributed by atoms with Gasteiger partial charge in [0.2, 0.25) is 0 Å². The van der Waals surface area contributed by atoms with Gasteiger partial charge in [-0.3, -0.25) is 4.98 Å². The third-order valence-corrected chi connectivity index (χ3v) is 3.93. The average Bonchev–Trinajstić information content (AvgIpc) is 2.48. The lowest BCUT2D eigenvalue weighted by Crippen LogP contribution is -2.24. The van der Waals surface area contributed by atoms with Gasteiger partial charge in [-0.1, -0.05) is 18.5 Å². The Kier molecular flexibility index (Phi) is 6.03. The lowest BCUT2D eigenvalue weighted by molar-refractivity contribution is 0.405. The number of rotatable bonds is 6. The maximum atomic E-state index is 6.10. The number of hydrogen-bond acceptors (Lipinski definition) is 3. The fourth-order valence-corrected chi connectivity index (χ4v) is 2.68. The molecule has 3 nitrogen and oxygen atoms in total. The number of nitrogens with one attached hydrogen (secondary N) is 1. The minimum absolute atomic E-state index is 0.121. The molecule has 2 rings (SSSR count). The highest BCUT2D eigenvalue weighted by atomic mass is 79.9. The zero-order valence-electron chi connectivity index (χ0n) is 12.1. The van der Waals surface area contributed by atoms with Gasteiger partial charge in [-0.15, -0.1) is 0 Å². The first-order chi connectivity index (χ1) is 10.1. The second-order valence-corrected chi connectivity index (χ2v) is 6.02. The van der Waals surface area contributed by atoms with E-state index in [4.69, 9.17) is 16.3 Å². The summed E-state index contributed by atoms with van der Waals surface area (Å²) < 4.78 is 6.39. The number of pyridine rings is 1. The third kappa shape index (κ3) is 4.43. The Morgan fingerprint density at radius 1 is 1.33 bits per heavy atom. The summed E-state index contributed by atoms with van der Waals surface area (Å²) in [5.41, 5.74) is 2.07. The predicted molar refractivity (Wildman–Crippen MR) is 90.1 cm³/mol. The summed E-state index contributed by atoms with van der Waals surface area (Å²) >= 11 is 9.52. The first-order valence-electron chi connectivity index (χ1n) is 6.81. The molecule has 0 spiro atoms. The Hall–Kier alpha value is -1.10. The molecule has 0 aliphatic carbocycles. The van der Waals surface area contributed by atoms with Crippen molar-refractivity contribution < 1.29 is 4.74 Å². The lowest BCUT2D eigenvalue weighted by Gasteiger charge is -2.19. The number of ether oxygens (including phenoxy) is 1. The van der Waals surface area contributed by atoms with Crippen molar-refractivity contribution in [2.45, 2.75) is 19.4 Å². The van der Waals surface area contributed by atoms with Crippen LogP contribution in [0.15, 0.2) is 41.0 Å². The molecule has 1 aromatic heterocycles. The fourth-order valence-electron chi connectivity index (χ4n) is 2.25. The number of likely N-dealkylation sites (N-methyl/N-ethyl adjacent to an activating group) is 1. The van der Waals surface area contributed by atoms with Gasteiger partial charge in [0.1, 0.15) is 5.75 Å². The van der Waals surface area contributed by atoms with Crippen LogP contribution in [0, 0.1) is 0 Å². The van der Waals surface area contributed by atoms with Crippen LogP contribution in [-0.2, 0) is 6.42 Å². The predicted octanol–water partition coefficient (Wildman–Crippen LogP) is 4.40. The average molecular weight is 370 g/mol. The van der Waals surface area contributed by atoms with Crippen LogP contribution in [0.1, 0.15) is 24.2 Å². The van der Waals surface area contributed by atoms with Crippen molar-refractivity contribution >= 4 is 27.5 Å². The van der Waals surface area contributed by atoms with Gasteiger partial charge in [0.25, 0.3) is 0 Å². The molecule has 0 bridgehead atoms. The zero-order chi connectivity index (χ0) is 15.2. The SMILES string of the molecule is CCNC(Cc1cc(Cl)ccc1OC)c1ccc(Br)cn1. The standard InChI is InChI=1S/C16H18BrClN2O/c1-3-19-15(14-6-4-12(17)10-20-14)9-11-8-13(18)5-7-16(11)21-2/h4-8,10,15,19H,3,9H2,1-2H3. The third-order valence-electron chi connectivity index (χ3n) is 3.22. The van der Waals surface area contributed by atoms with Crippen LogP contribution in [0.2, 0.25) is 5.02 Å². The van der Waals surface area contributed by atoms with Gasteiger partial charge >= 0.3 is 0 Å². The van der Waals surface area contributed by atoms with Gasteiger partial charge in [0, 0.05) is 15.7 Å². The number of nitrogens with zero attached hydrogens (tertiary/aromatic N) is 1. The van der Waals surface area contributed by atoms with Crippen molar-refractivity contribution in [3.63, 3.8) is 0 Å². The molecule has 1 aromatic carbocycles. The van der Waals surface area contributed by atoms with E-state index in [1.165, 1.54) is 0 Å². The van der Waals surface area contributed by atoms with Gasteiger partial charge in [-0.25, -0.2) is 0 Å². The monoisotopic (exact) mass is 368 g/mol. The summed E-state index contributed by atoms with van der Waals surface area (Å²) in [6.07, 6.45) is 2.58. The first-order valence-corrected chi connectivity index (χ1v) is 7.98. The molecular formula is C16H18BrClN2O. The minimum Gasteiger partial charge on any atom is -0.496 e. The van der Waals surface area contributed by atoms with Gasteiger partial charge in [0.15, 0.2) is 0 Å². The van der Waals surface area contributed by atoms with Crippen LogP contribution in [0.25, 0.3) is 0 Å². The van der Waals surface area contributed by atoms with Crippen LogP contribution in [0.3, 0.4) is 0 Å². The van der Waals surface area contributed by atoms with E-state index in [-0.39, 0.29) is 6.04 Å². The van der Waals surface area contributed by atoms with Crippen LogP contribution in [0.5, 0.6) is 5.75 Å². The maximum absolute atomic E-state index is 6.10. The molecule has 1 heterocycles. The van der Waals surface area contributed by atoms with E-state index in [2.05, 4.69) is 33.2 Å². The highest BCUT2D eigenvalue weighted by Crippen LogP contribution is 2.27. The van der Waals surface area contributed by atoms with Crippen molar-refractivity contribution in [2.75, 3.05) is 13.7 Å². The summed E-state index contributed by atoms with van der Waals surface area (Å²) in [5, 5.41) is 4.17. The highest BCUT2D eigenvalue weighted by Gasteiger charge is 2.15. The number of methoxy groups -OCH3 is 1. The van der Waals surface area contributed by atoms with Gasteiger partial charge < -0.3 is 10.1 Å². The number of halogens is 2.